The van der Waals surface area contributed by atoms with Crippen LogP contribution in [0.2, 0.25) is 0 Å². The zero-order valence-corrected chi connectivity index (χ0v) is 7.20. The number of nitrogens with one attached hydrogen (secondary N) is 1. The van der Waals surface area contributed by atoms with Crippen molar-refractivity contribution in [2.75, 3.05) is 7.05 Å². The van der Waals surface area contributed by atoms with Gasteiger partial charge < -0.3 is 0 Å². The van der Waals surface area contributed by atoms with Crippen molar-refractivity contribution in [2.24, 2.45) is 0 Å². The number of rotatable bonds is 2. The third-order valence-corrected chi connectivity index (χ3v) is 1.90. The average Bonchev–Trinajstić information content (AvgIpc) is 2.18. The molecule has 3 heteroatoms. The van der Waals surface area contributed by atoms with Gasteiger partial charge in [-0.25, -0.2) is 0 Å². The molecule has 0 spiro atoms. The molecule has 12 heavy (non-hydrogen) atoms. The topological polar surface area (TPSA) is 48.7 Å². The molecule has 0 aliphatic rings. The van der Waals surface area contributed by atoms with Crippen molar-refractivity contribution >= 4 is 0 Å². The number of pyridine rings is 1. The van der Waals surface area contributed by atoms with Crippen molar-refractivity contribution < 1.29 is 0 Å². The third kappa shape index (κ3) is 1.44. The number of hydrogen-bond acceptors (Lipinski definition) is 3. The van der Waals surface area contributed by atoms with Crippen LogP contribution >= 0.6 is 0 Å². The first-order chi connectivity index (χ1) is 5.73. The van der Waals surface area contributed by atoms with Gasteiger partial charge in [0.05, 0.1) is 11.8 Å². The van der Waals surface area contributed by atoms with Crippen LogP contribution in [-0.2, 0) is 5.54 Å². The average molecular weight is 161 g/mol. The number of nitrogens with zero attached hydrogens (tertiary/aromatic N) is 2. The highest BCUT2D eigenvalue weighted by atomic mass is 15.0. The van der Waals surface area contributed by atoms with Crippen LogP contribution in [0.3, 0.4) is 0 Å². The number of aromatic nitrogens is 1. The minimum absolute atomic E-state index is 0.679. The van der Waals surface area contributed by atoms with Gasteiger partial charge in [0.2, 0.25) is 0 Å². The molecule has 0 aliphatic carbocycles. The van der Waals surface area contributed by atoms with Crippen LogP contribution < -0.4 is 5.32 Å². The van der Waals surface area contributed by atoms with E-state index in [-0.39, 0.29) is 0 Å². The van der Waals surface area contributed by atoms with E-state index >= 15 is 0 Å². The summed E-state index contributed by atoms with van der Waals surface area (Å²) in [5, 5.41) is 11.8. The van der Waals surface area contributed by atoms with E-state index in [1.807, 2.05) is 18.2 Å². The highest BCUT2D eigenvalue weighted by molar-refractivity contribution is 5.22. The minimum atomic E-state index is -0.679. The summed E-state index contributed by atoms with van der Waals surface area (Å²) in [7, 11) is 1.75. The molecule has 0 fully saturated rings. The summed E-state index contributed by atoms with van der Waals surface area (Å²) >= 11 is 0. The van der Waals surface area contributed by atoms with Gasteiger partial charge >= 0.3 is 0 Å². The Bertz CT molecular complexity index is 288. The Morgan fingerprint density at radius 3 is 2.75 bits per heavy atom. The summed E-state index contributed by atoms with van der Waals surface area (Å²) in [6.07, 6.45) is 1.68. The second-order valence-electron chi connectivity index (χ2n) is 2.70. The maximum Gasteiger partial charge on any atom is 0.146 e. The minimum Gasteiger partial charge on any atom is -0.298 e. The van der Waals surface area contributed by atoms with Crippen LogP contribution in [0.5, 0.6) is 0 Å². The van der Waals surface area contributed by atoms with Crippen molar-refractivity contribution in [3.8, 4) is 6.07 Å². The molecule has 0 aromatic carbocycles. The molecule has 0 saturated carbocycles. The van der Waals surface area contributed by atoms with Gasteiger partial charge in [-0.1, -0.05) is 6.07 Å². The molecule has 0 aliphatic heterocycles. The Morgan fingerprint density at radius 1 is 1.58 bits per heavy atom. The molecule has 0 radical (unpaired) electrons. The summed E-state index contributed by atoms with van der Waals surface area (Å²) in [5.41, 5.74) is 0.0661. The Balaban J connectivity index is 3.06. The lowest BCUT2D eigenvalue weighted by atomic mass is 10.00. The lowest BCUT2D eigenvalue weighted by molar-refractivity contribution is 0.503. The quantitative estimate of drug-likeness (QED) is 0.705. The Morgan fingerprint density at radius 2 is 2.33 bits per heavy atom. The van der Waals surface area contributed by atoms with E-state index in [0.717, 1.165) is 5.69 Å². The summed E-state index contributed by atoms with van der Waals surface area (Å²) in [4.78, 5) is 4.11. The summed E-state index contributed by atoms with van der Waals surface area (Å²) in [6, 6.07) is 7.70. The van der Waals surface area contributed by atoms with Gasteiger partial charge in [-0.3, -0.25) is 10.3 Å². The fourth-order valence-electron chi connectivity index (χ4n) is 0.900. The molecule has 62 valence electrons. The van der Waals surface area contributed by atoms with E-state index in [1.54, 1.807) is 20.2 Å². The van der Waals surface area contributed by atoms with E-state index in [2.05, 4.69) is 16.4 Å². The molecular formula is C9H11N3. The van der Waals surface area contributed by atoms with E-state index in [4.69, 9.17) is 5.26 Å². The van der Waals surface area contributed by atoms with Crippen molar-refractivity contribution in [1.82, 2.24) is 10.3 Å². The molecule has 0 amide bonds. The monoisotopic (exact) mass is 161 g/mol. The Labute approximate surface area is 72.1 Å². The summed E-state index contributed by atoms with van der Waals surface area (Å²) in [5.74, 6) is 0. The van der Waals surface area contributed by atoms with Crippen molar-refractivity contribution in [3.05, 3.63) is 30.1 Å². The van der Waals surface area contributed by atoms with Crippen LogP contribution in [-0.4, -0.2) is 12.0 Å². The normalized spacial score (nSPS) is 14.8. The fraction of sp³-hybridized carbons (Fsp3) is 0.333. The van der Waals surface area contributed by atoms with Gasteiger partial charge in [0.25, 0.3) is 0 Å². The predicted molar refractivity (Wildman–Crippen MR) is 46.3 cm³/mol. The highest BCUT2D eigenvalue weighted by Crippen LogP contribution is 2.15. The SMILES string of the molecule is CNC(C)(C#N)c1ccccn1. The van der Waals surface area contributed by atoms with E-state index in [1.165, 1.54) is 0 Å². The van der Waals surface area contributed by atoms with Crippen LogP contribution in [0, 0.1) is 11.3 Å². The van der Waals surface area contributed by atoms with Gasteiger partial charge in [0.15, 0.2) is 0 Å². The van der Waals surface area contributed by atoms with Crippen molar-refractivity contribution in [2.45, 2.75) is 12.5 Å². The van der Waals surface area contributed by atoms with E-state index in [0.29, 0.717) is 0 Å². The lowest BCUT2D eigenvalue weighted by Crippen LogP contribution is -2.35. The smallest absolute Gasteiger partial charge is 0.146 e. The van der Waals surface area contributed by atoms with Crippen molar-refractivity contribution in [3.63, 3.8) is 0 Å². The molecule has 0 saturated heterocycles. The predicted octanol–water partition coefficient (Wildman–Crippen LogP) is 1.04. The van der Waals surface area contributed by atoms with E-state index in [9.17, 15) is 0 Å². The summed E-state index contributed by atoms with van der Waals surface area (Å²) < 4.78 is 0. The van der Waals surface area contributed by atoms with E-state index < -0.39 is 5.54 Å². The molecule has 1 heterocycles. The van der Waals surface area contributed by atoms with Gasteiger partial charge in [-0.05, 0) is 26.1 Å². The fourth-order valence-corrected chi connectivity index (χ4v) is 0.900. The van der Waals surface area contributed by atoms with Crippen LogP contribution in [0.4, 0.5) is 0 Å². The molecule has 1 aromatic rings. The zero-order chi connectivity index (χ0) is 9.03. The molecule has 1 rings (SSSR count). The largest absolute Gasteiger partial charge is 0.298 e. The van der Waals surface area contributed by atoms with Gasteiger partial charge in [-0.2, -0.15) is 5.26 Å². The number of nitriles is 1. The van der Waals surface area contributed by atoms with Gasteiger partial charge in [0, 0.05) is 6.20 Å². The van der Waals surface area contributed by atoms with Crippen molar-refractivity contribution in [1.29, 1.82) is 5.26 Å². The molecule has 1 N–H and O–H groups in total. The lowest BCUT2D eigenvalue weighted by Gasteiger charge is -2.19. The zero-order valence-electron chi connectivity index (χ0n) is 7.20. The highest BCUT2D eigenvalue weighted by Gasteiger charge is 2.24. The number of hydrogen-bond donors (Lipinski definition) is 1. The van der Waals surface area contributed by atoms with Crippen LogP contribution in [0.25, 0.3) is 0 Å². The maximum atomic E-state index is 8.89. The first-order valence-corrected chi connectivity index (χ1v) is 3.74. The maximum absolute atomic E-state index is 8.89. The molecule has 1 atom stereocenters. The first-order valence-electron chi connectivity index (χ1n) is 3.74. The molecule has 3 nitrogen and oxygen atoms in total. The first kappa shape index (κ1) is 8.69. The standard InChI is InChI=1S/C9H11N3/c1-9(7-10,11-2)8-5-3-4-6-12-8/h3-6,11H,1-2H3. The third-order valence-electron chi connectivity index (χ3n) is 1.90. The second-order valence-corrected chi connectivity index (χ2v) is 2.70. The van der Waals surface area contributed by atoms with Crippen LogP contribution in [0.15, 0.2) is 24.4 Å². The summed E-state index contributed by atoms with van der Waals surface area (Å²) in [6.45, 7) is 1.80. The Kier molecular flexibility index (Phi) is 2.41. The second kappa shape index (κ2) is 3.33. The molecular weight excluding hydrogens is 150 g/mol. The van der Waals surface area contributed by atoms with Gasteiger partial charge in [-0.15, -0.1) is 0 Å². The molecule has 0 bridgehead atoms. The van der Waals surface area contributed by atoms with Crippen LogP contribution in [0.1, 0.15) is 12.6 Å². The van der Waals surface area contributed by atoms with Gasteiger partial charge in [0.1, 0.15) is 5.54 Å². The molecule has 1 unspecified atom stereocenters. The Hall–Kier alpha value is -1.40. The molecule has 1 aromatic heterocycles.